The van der Waals surface area contributed by atoms with Gasteiger partial charge in [-0.25, -0.2) is 4.98 Å². The predicted molar refractivity (Wildman–Crippen MR) is 143 cm³/mol. The molecule has 1 aromatic heterocycles. The minimum absolute atomic E-state index is 0.0205. The number of imidazole rings is 1. The smallest absolute Gasteiger partial charge is 0.254 e. The fraction of sp³-hybridized carbons (Fsp3) is 0.333. The van der Waals surface area contributed by atoms with Crippen LogP contribution < -0.4 is 5.73 Å². The molecule has 0 aliphatic rings. The van der Waals surface area contributed by atoms with Gasteiger partial charge in [-0.1, -0.05) is 74.0 Å². The fourth-order valence-corrected chi connectivity index (χ4v) is 4.82. The van der Waals surface area contributed by atoms with Crippen LogP contribution in [0.3, 0.4) is 0 Å². The first-order chi connectivity index (χ1) is 16.9. The van der Waals surface area contributed by atoms with Crippen LogP contribution in [0, 0.1) is 19.8 Å². The molecule has 0 aliphatic heterocycles. The molecule has 0 aliphatic carbocycles. The molecule has 0 radical (unpaired) electrons. The Kier molecular flexibility index (Phi) is 7.67. The molecule has 0 saturated heterocycles. The molecular formula is C30H36N4O. The molecule has 5 heteroatoms. The topological polar surface area (TPSA) is 64.2 Å². The zero-order valence-electron chi connectivity index (χ0n) is 21.2. The Morgan fingerprint density at radius 1 is 0.971 bits per heavy atom. The SMILES string of the molecule is Cc1ccc(C(=O)N(CCCN)[C@@H](c2nc3cccc(C)c3n2Cc2ccccc2)C(C)C)cc1. The maximum atomic E-state index is 13.9. The maximum absolute atomic E-state index is 13.9. The van der Waals surface area contributed by atoms with E-state index in [1.54, 1.807) is 0 Å². The van der Waals surface area contributed by atoms with Crippen LogP contribution in [0.1, 0.15) is 59.2 Å². The van der Waals surface area contributed by atoms with Crippen molar-refractivity contribution in [3.8, 4) is 0 Å². The first-order valence-corrected chi connectivity index (χ1v) is 12.5. The van der Waals surface area contributed by atoms with Gasteiger partial charge in [0.25, 0.3) is 5.91 Å². The number of aryl methyl sites for hydroxylation is 2. The molecule has 1 heterocycles. The monoisotopic (exact) mass is 468 g/mol. The van der Waals surface area contributed by atoms with Gasteiger partial charge in [0.15, 0.2) is 0 Å². The predicted octanol–water partition coefficient (Wildman–Crippen LogP) is 5.89. The quantitative estimate of drug-likeness (QED) is 0.333. The first kappa shape index (κ1) is 24.7. The van der Waals surface area contributed by atoms with E-state index in [-0.39, 0.29) is 17.9 Å². The lowest BCUT2D eigenvalue weighted by molar-refractivity contribution is 0.0605. The number of rotatable bonds is 9. The third-order valence-electron chi connectivity index (χ3n) is 6.58. The molecule has 4 rings (SSSR count). The average molecular weight is 469 g/mol. The summed E-state index contributed by atoms with van der Waals surface area (Å²) in [6.45, 7) is 10.3. The van der Waals surface area contributed by atoms with Crippen molar-refractivity contribution in [3.05, 3.63) is 101 Å². The van der Waals surface area contributed by atoms with E-state index in [1.807, 2.05) is 42.2 Å². The lowest BCUT2D eigenvalue weighted by Crippen LogP contribution is -2.40. The number of benzene rings is 3. The summed E-state index contributed by atoms with van der Waals surface area (Å²) >= 11 is 0. The largest absolute Gasteiger partial charge is 0.330 e. The molecule has 0 spiro atoms. The van der Waals surface area contributed by atoms with E-state index < -0.39 is 0 Å². The second-order valence-corrected chi connectivity index (χ2v) is 9.68. The number of carbonyl (C=O) groups excluding carboxylic acids is 1. The maximum Gasteiger partial charge on any atom is 0.254 e. The number of hydrogen-bond donors (Lipinski definition) is 1. The number of amides is 1. The van der Waals surface area contributed by atoms with Gasteiger partial charge >= 0.3 is 0 Å². The molecule has 0 bridgehead atoms. The number of para-hydroxylation sites is 1. The van der Waals surface area contributed by atoms with Gasteiger partial charge in [0.2, 0.25) is 0 Å². The van der Waals surface area contributed by atoms with Gasteiger partial charge in [-0.2, -0.15) is 0 Å². The highest BCUT2D eigenvalue weighted by Gasteiger charge is 2.33. The highest BCUT2D eigenvalue weighted by Crippen LogP contribution is 2.34. The molecule has 2 N–H and O–H groups in total. The van der Waals surface area contributed by atoms with Crippen LogP contribution in [0.25, 0.3) is 11.0 Å². The summed E-state index contributed by atoms with van der Waals surface area (Å²) in [5.41, 5.74) is 12.2. The van der Waals surface area contributed by atoms with Gasteiger partial charge in [0.1, 0.15) is 5.82 Å². The lowest BCUT2D eigenvalue weighted by atomic mass is 9.99. The molecule has 35 heavy (non-hydrogen) atoms. The lowest BCUT2D eigenvalue weighted by Gasteiger charge is -2.35. The zero-order valence-corrected chi connectivity index (χ0v) is 21.2. The van der Waals surface area contributed by atoms with E-state index in [1.165, 1.54) is 11.1 Å². The Hall–Kier alpha value is -3.44. The van der Waals surface area contributed by atoms with Crippen LogP contribution in [-0.2, 0) is 6.54 Å². The van der Waals surface area contributed by atoms with Crippen LogP contribution in [0.5, 0.6) is 0 Å². The van der Waals surface area contributed by atoms with Crippen molar-refractivity contribution in [1.29, 1.82) is 0 Å². The van der Waals surface area contributed by atoms with Gasteiger partial charge in [-0.15, -0.1) is 0 Å². The number of nitrogens with zero attached hydrogens (tertiary/aromatic N) is 3. The van der Waals surface area contributed by atoms with Crippen LogP contribution >= 0.6 is 0 Å². The van der Waals surface area contributed by atoms with E-state index in [4.69, 9.17) is 10.7 Å². The van der Waals surface area contributed by atoms with Gasteiger partial charge < -0.3 is 15.2 Å². The molecule has 4 aromatic rings. The summed E-state index contributed by atoms with van der Waals surface area (Å²) in [6.07, 6.45) is 0.735. The van der Waals surface area contributed by atoms with Gasteiger partial charge in [-0.3, -0.25) is 4.79 Å². The Morgan fingerprint density at radius 3 is 2.34 bits per heavy atom. The van der Waals surface area contributed by atoms with E-state index in [9.17, 15) is 4.79 Å². The van der Waals surface area contributed by atoms with Crippen LogP contribution in [0.4, 0.5) is 0 Å². The zero-order chi connectivity index (χ0) is 24.9. The first-order valence-electron chi connectivity index (χ1n) is 12.5. The number of fused-ring (bicyclic) bond motifs is 1. The highest BCUT2D eigenvalue weighted by molar-refractivity contribution is 5.94. The van der Waals surface area contributed by atoms with Crippen molar-refractivity contribution in [2.24, 2.45) is 11.7 Å². The summed E-state index contributed by atoms with van der Waals surface area (Å²) in [5, 5.41) is 0. The molecule has 0 saturated carbocycles. The van der Waals surface area contributed by atoms with Crippen molar-refractivity contribution in [1.82, 2.24) is 14.5 Å². The summed E-state index contributed by atoms with van der Waals surface area (Å²) < 4.78 is 2.31. The fourth-order valence-electron chi connectivity index (χ4n) is 4.82. The van der Waals surface area contributed by atoms with Crippen molar-refractivity contribution in [2.75, 3.05) is 13.1 Å². The third-order valence-corrected chi connectivity index (χ3v) is 6.58. The standard InChI is InChI=1S/C30H36N4O/c1-21(2)27(33(19-9-18-31)30(35)25-16-14-22(3)15-17-25)29-32-26-13-8-10-23(4)28(26)34(29)20-24-11-6-5-7-12-24/h5-8,10-17,21,27H,9,18-20,31H2,1-4H3/t27-/m1/s1. The van der Waals surface area contributed by atoms with Crippen LogP contribution in [-0.4, -0.2) is 33.4 Å². The highest BCUT2D eigenvalue weighted by atomic mass is 16.2. The van der Waals surface area contributed by atoms with Crippen molar-refractivity contribution in [3.63, 3.8) is 0 Å². The normalized spacial score (nSPS) is 12.3. The molecule has 1 atom stereocenters. The third kappa shape index (κ3) is 5.30. The molecule has 0 fully saturated rings. The number of nitrogens with two attached hydrogens (primary N) is 1. The van der Waals surface area contributed by atoms with Gasteiger partial charge in [-0.05, 0) is 62.1 Å². The number of carbonyl (C=O) groups is 1. The second kappa shape index (κ2) is 10.9. The summed E-state index contributed by atoms with van der Waals surface area (Å²) in [6, 6.07) is 24.3. The summed E-state index contributed by atoms with van der Waals surface area (Å²) in [5.74, 6) is 1.10. The molecule has 1 amide bonds. The molecule has 5 nitrogen and oxygen atoms in total. The Bertz CT molecular complexity index is 1280. The Morgan fingerprint density at radius 2 is 1.69 bits per heavy atom. The van der Waals surface area contributed by atoms with Crippen molar-refractivity contribution < 1.29 is 4.79 Å². The Labute approximate surface area is 208 Å². The van der Waals surface area contributed by atoms with E-state index >= 15 is 0 Å². The van der Waals surface area contributed by atoms with Crippen LogP contribution in [0.2, 0.25) is 0 Å². The second-order valence-electron chi connectivity index (χ2n) is 9.68. The molecule has 0 unspecified atom stereocenters. The molecule has 3 aromatic carbocycles. The number of hydrogen-bond acceptors (Lipinski definition) is 3. The molecule has 182 valence electrons. The van der Waals surface area contributed by atoms with E-state index in [2.05, 4.69) is 67.8 Å². The summed E-state index contributed by atoms with van der Waals surface area (Å²) in [7, 11) is 0. The van der Waals surface area contributed by atoms with Crippen molar-refractivity contribution in [2.45, 2.75) is 46.7 Å². The number of aromatic nitrogens is 2. The average Bonchev–Trinajstić information content (AvgIpc) is 3.21. The van der Waals surface area contributed by atoms with Gasteiger partial charge in [0, 0.05) is 18.7 Å². The van der Waals surface area contributed by atoms with E-state index in [0.29, 0.717) is 25.2 Å². The Balaban J connectivity index is 1.87. The summed E-state index contributed by atoms with van der Waals surface area (Å²) in [4.78, 5) is 21.0. The van der Waals surface area contributed by atoms with Crippen LogP contribution in [0.15, 0.2) is 72.8 Å². The minimum atomic E-state index is -0.189. The van der Waals surface area contributed by atoms with Crippen molar-refractivity contribution >= 4 is 16.9 Å². The van der Waals surface area contributed by atoms with Gasteiger partial charge in [0.05, 0.1) is 17.1 Å². The molecular weight excluding hydrogens is 432 g/mol. The van der Waals surface area contributed by atoms with E-state index in [0.717, 1.165) is 28.8 Å². The minimum Gasteiger partial charge on any atom is -0.330 e.